The second-order valence-electron chi connectivity index (χ2n) is 5.81. The summed E-state index contributed by atoms with van der Waals surface area (Å²) in [6.07, 6.45) is 1.82. The predicted molar refractivity (Wildman–Crippen MR) is 76.1 cm³/mol. The molecule has 1 unspecified atom stereocenters. The third-order valence-electron chi connectivity index (χ3n) is 3.75. The first-order valence-corrected chi connectivity index (χ1v) is 7.12. The van der Waals surface area contributed by atoms with Crippen molar-refractivity contribution >= 4 is 17.5 Å². The van der Waals surface area contributed by atoms with Gasteiger partial charge in [0.05, 0.1) is 18.1 Å². The number of halogens is 2. The third-order valence-corrected chi connectivity index (χ3v) is 4.10. The van der Waals surface area contributed by atoms with E-state index in [4.69, 9.17) is 11.6 Å². The molecule has 0 radical (unpaired) electrons. The van der Waals surface area contributed by atoms with E-state index in [9.17, 15) is 14.3 Å². The van der Waals surface area contributed by atoms with Gasteiger partial charge < -0.3 is 10.0 Å². The van der Waals surface area contributed by atoms with Gasteiger partial charge >= 0.3 is 0 Å². The summed E-state index contributed by atoms with van der Waals surface area (Å²) < 4.78 is 13.0. The van der Waals surface area contributed by atoms with E-state index in [1.807, 2.05) is 0 Å². The first-order chi connectivity index (χ1) is 9.29. The van der Waals surface area contributed by atoms with E-state index in [0.29, 0.717) is 12.1 Å². The Bertz CT molecular complexity index is 513. The first-order valence-electron chi connectivity index (χ1n) is 6.75. The van der Waals surface area contributed by atoms with Crippen molar-refractivity contribution in [2.75, 3.05) is 6.54 Å². The fourth-order valence-corrected chi connectivity index (χ4v) is 2.96. The molecule has 0 aliphatic carbocycles. The molecule has 1 aromatic rings. The molecule has 2 rings (SSSR count). The Morgan fingerprint density at radius 3 is 2.85 bits per heavy atom. The van der Waals surface area contributed by atoms with Gasteiger partial charge in [0.15, 0.2) is 0 Å². The van der Waals surface area contributed by atoms with Gasteiger partial charge in [-0.25, -0.2) is 4.39 Å². The second kappa shape index (κ2) is 5.70. The molecule has 1 aliphatic rings. The minimum atomic E-state index is -0.918. The number of carbonyl (C=O) groups is 1. The normalized spacial score (nSPS) is 19.4. The number of carbonyl (C=O) groups excluding carboxylic acids is 1. The Kier molecular flexibility index (Phi) is 4.35. The van der Waals surface area contributed by atoms with E-state index in [1.54, 1.807) is 18.7 Å². The summed E-state index contributed by atoms with van der Waals surface area (Å²) in [6.45, 7) is 4.08. The van der Waals surface area contributed by atoms with Gasteiger partial charge in [0.1, 0.15) is 5.82 Å². The minimum absolute atomic E-state index is 0.0804. The number of hydrogen-bond donors (Lipinski definition) is 1. The molecule has 1 aromatic carbocycles. The lowest BCUT2D eigenvalue weighted by atomic mass is 9.96. The number of hydrogen-bond acceptors (Lipinski definition) is 2. The Labute approximate surface area is 123 Å². The van der Waals surface area contributed by atoms with Crippen LogP contribution < -0.4 is 0 Å². The minimum Gasteiger partial charge on any atom is -0.388 e. The summed E-state index contributed by atoms with van der Waals surface area (Å²) >= 11 is 5.95. The zero-order chi connectivity index (χ0) is 14.9. The average Bonchev–Trinajstić information content (AvgIpc) is 2.81. The molecule has 110 valence electrons. The van der Waals surface area contributed by atoms with Gasteiger partial charge in [0, 0.05) is 11.6 Å². The van der Waals surface area contributed by atoms with Crippen molar-refractivity contribution in [1.82, 2.24) is 4.90 Å². The molecule has 0 saturated carbocycles. The molecule has 0 aromatic heterocycles. The summed E-state index contributed by atoms with van der Waals surface area (Å²) in [5.41, 5.74) is -0.307. The van der Waals surface area contributed by atoms with Crippen molar-refractivity contribution in [3.63, 3.8) is 0 Å². The van der Waals surface area contributed by atoms with Crippen molar-refractivity contribution in [3.05, 3.63) is 34.6 Å². The van der Waals surface area contributed by atoms with Crippen LogP contribution in [0.1, 0.15) is 32.3 Å². The molecule has 1 atom stereocenters. The van der Waals surface area contributed by atoms with Crippen molar-refractivity contribution in [3.8, 4) is 0 Å². The number of aliphatic hydroxyl groups is 1. The van der Waals surface area contributed by atoms with Crippen LogP contribution in [0.25, 0.3) is 0 Å². The number of nitrogens with zero attached hydrogens (tertiary/aromatic N) is 1. The highest BCUT2D eigenvalue weighted by atomic mass is 35.5. The van der Waals surface area contributed by atoms with Crippen LogP contribution in [-0.2, 0) is 11.2 Å². The topological polar surface area (TPSA) is 40.5 Å². The Morgan fingerprint density at radius 2 is 2.25 bits per heavy atom. The van der Waals surface area contributed by atoms with Crippen LogP contribution in [0.15, 0.2) is 18.2 Å². The summed E-state index contributed by atoms with van der Waals surface area (Å²) in [5, 5.41) is 10.4. The molecule has 1 aliphatic heterocycles. The van der Waals surface area contributed by atoms with Crippen LogP contribution in [0.3, 0.4) is 0 Å². The molecule has 3 nitrogen and oxygen atoms in total. The number of likely N-dealkylation sites (tertiary alicyclic amines) is 1. The maximum Gasteiger partial charge on any atom is 0.227 e. The van der Waals surface area contributed by atoms with E-state index >= 15 is 0 Å². The van der Waals surface area contributed by atoms with Crippen molar-refractivity contribution in [2.45, 2.75) is 44.8 Å². The van der Waals surface area contributed by atoms with Gasteiger partial charge in [-0.1, -0.05) is 17.7 Å². The largest absolute Gasteiger partial charge is 0.388 e. The summed E-state index contributed by atoms with van der Waals surface area (Å²) in [5.74, 6) is -0.495. The Morgan fingerprint density at radius 1 is 1.55 bits per heavy atom. The molecule has 1 fully saturated rings. The number of rotatable bonds is 3. The van der Waals surface area contributed by atoms with E-state index in [0.717, 1.165) is 12.8 Å². The molecule has 20 heavy (non-hydrogen) atoms. The van der Waals surface area contributed by atoms with Crippen LogP contribution in [0.2, 0.25) is 5.02 Å². The van der Waals surface area contributed by atoms with E-state index < -0.39 is 11.4 Å². The lowest BCUT2D eigenvalue weighted by Crippen LogP contribution is -2.48. The Hall–Kier alpha value is -1.13. The highest BCUT2D eigenvalue weighted by molar-refractivity contribution is 6.31. The van der Waals surface area contributed by atoms with Gasteiger partial charge in [-0.3, -0.25) is 4.79 Å². The van der Waals surface area contributed by atoms with Gasteiger partial charge in [-0.2, -0.15) is 0 Å². The standard InChI is InChI=1S/C15H19ClFNO2/c1-15(2,20)13-4-3-7-18(13)14(19)8-10-5-6-11(17)9-12(10)16/h5-6,9,13,20H,3-4,7-8H2,1-2H3. The maximum absolute atomic E-state index is 13.0. The highest BCUT2D eigenvalue weighted by Gasteiger charge is 2.38. The lowest BCUT2D eigenvalue weighted by molar-refractivity contribution is -0.135. The maximum atomic E-state index is 13.0. The molecule has 1 heterocycles. The first kappa shape index (κ1) is 15.3. The quantitative estimate of drug-likeness (QED) is 0.932. The molecule has 0 spiro atoms. The molecular weight excluding hydrogens is 281 g/mol. The monoisotopic (exact) mass is 299 g/mol. The lowest BCUT2D eigenvalue weighted by Gasteiger charge is -2.34. The summed E-state index contributed by atoms with van der Waals surface area (Å²) in [7, 11) is 0. The third kappa shape index (κ3) is 3.30. The number of amides is 1. The smallest absolute Gasteiger partial charge is 0.227 e. The van der Waals surface area contributed by atoms with Crippen LogP contribution in [0.4, 0.5) is 4.39 Å². The summed E-state index contributed by atoms with van der Waals surface area (Å²) in [6, 6.07) is 3.87. The summed E-state index contributed by atoms with van der Waals surface area (Å²) in [4.78, 5) is 14.1. The van der Waals surface area contributed by atoms with Crippen LogP contribution >= 0.6 is 11.6 Å². The van der Waals surface area contributed by atoms with Crippen molar-refractivity contribution < 1.29 is 14.3 Å². The Balaban J connectivity index is 2.12. The van der Waals surface area contributed by atoms with E-state index in [-0.39, 0.29) is 23.4 Å². The average molecular weight is 300 g/mol. The zero-order valence-corrected chi connectivity index (χ0v) is 12.5. The molecule has 1 saturated heterocycles. The van der Waals surface area contributed by atoms with Gasteiger partial charge in [0.25, 0.3) is 0 Å². The van der Waals surface area contributed by atoms with Gasteiger partial charge in [-0.05, 0) is 44.4 Å². The van der Waals surface area contributed by atoms with Gasteiger partial charge in [-0.15, -0.1) is 0 Å². The van der Waals surface area contributed by atoms with E-state index in [1.165, 1.54) is 18.2 Å². The molecule has 0 bridgehead atoms. The molecule has 1 N–H and O–H groups in total. The fraction of sp³-hybridized carbons (Fsp3) is 0.533. The highest BCUT2D eigenvalue weighted by Crippen LogP contribution is 2.28. The number of benzene rings is 1. The zero-order valence-electron chi connectivity index (χ0n) is 11.7. The van der Waals surface area contributed by atoms with Gasteiger partial charge in [0.2, 0.25) is 5.91 Å². The van der Waals surface area contributed by atoms with E-state index in [2.05, 4.69) is 0 Å². The van der Waals surface area contributed by atoms with Crippen LogP contribution in [0.5, 0.6) is 0 Å². The molecular formula is C15H19ClFNO2. The predicted octanol–water partition coefficient (Wildman–Crippen LogP) is 2.78. The molecule has 1 amide bonds. The SMILES string of the molecule is CC(C)(O)C1CCCN1C(=O)Cc1ccc(F)cc1Cl. The van der Waals surface area contributed by atoms with Crippen molar-refractivity contribution in [2.24, 2.45) is 0 Å². The van der Waals surface area contributed by atoms with Crippen LogP contribution in [0, 0.1) is 5.82 Å². The van der Waals surface area contributed by atoms with Crippen molar-refractivity contribution in [1.29, 1.82) is 0 Å². The fourth-order valence-electron chi connectivity index (χ4n) is 2.73. The molecule has 5 heteroatoms. The van der Waals surface area contributed by atoms with Crippen LogP contribution in [-0.4, -0.2) is 34.1 Å². The second-order valence-corrected chi connectivity index (χ2v) is 6.22.